The molecule has 0 amide bonds. The van der Waals surface area contributed by atoms with Crippen LogP contribution in [0.2, 0.25) is 0 Å². The van der Waals surface area contributed by atoms with Crippen LogP contribution in [0.5, 0.6) is 0 Å². The summed E-state index contributed by atoms with van der Waals surface area (Å²) in [6, 6.07) is 87.1. The van der Waals surface area contributed by atoms with Crippen LogP contribution >= 0.6 is 0 Å². The standard InChI is InChI=1S/C67H49NSi/c1-65(2)51-26-12-8-22-45(51)50-40-58-60(41-56(50)65)68(44-35-36-49-48-25-11-19-33-63(48)69(64(49)39-44)61-31-17-9-23-46(61)47-24-10-18-32-62(47)69)59-37-34-43(42-20-6-5-7-21-42)38-57(59)67(58)54-29-15-13-27-52(54)66(3,4)53-28-14-16-30-55(53)67/h5-41H,1-4H3. The second-order valence-electron chi connectivity index (χ2n) is 21.1. The molecule has 326 valence electrons. The van der Waals surface area contributed by atoms with E-state index in [-0.39, 0.29) is 10.8 Å². The summed E-state index contributed by atoms with van der Waals surface area (Å²) < 4.78 is 0. The van der Waals surface area contributed by atoms with E-state index in [2.05, 4.69) is 257 Å². The molecule has 0 saturated heterocycles. The zero-order chi connectivity index (χ0) is 46.0. The molecule has 10 aromatic carbocycles. The van der Waals surface area contributed by atoms with Crippen LogP contribution in [0.1, 0.15) is 72.2 Å². The smallest absolute Gasteiger partial charge is 0.182 e. The minimum Gasteiger partial charge on any atom is -0.310 e. The molecule has 0 fully saturated rings. The lowest BCUT2D eigenvalue weighted by Gasteiger charge is -2.52. The van der Waals surface area contributed by atoms with Gasteiger partial charge in [-0.1, -0.05) is 216 Å². The molecule has 3 heterocycles. The van der Waals surface area contributed by atoms with Gasteiger partial charge in [0.2, 0.25) is 0 Å². The van der Waals surface area contributed by atoms with Crippen LogP contribution in [0.25, 0.3) is 44.5 Å². The zero-order valence-electron chi connectivity index (χ0n) is 39.3. The van der Waals surface area contributed by atoms with Crippen LogP contribution < -0.4 is 25.6 Å². The van der Waals surface area contributed by atoms with Gasteiger partial charge in [-0.05, 0) is 146 Å². The Balaban J connectivity index is 1.10. The van der Waals surface area contributed by atoms with Crippen molar-refractivity contribution in [1.82, 2.24) is 0 Å². The van der Waals surface area contributed by atoms with E-state index in [1.807, 2.05) is 0 Å². The summed E-state index contributed by atoms with van der Waals surface area (Å²) in [6.07, 6.45) is 0. The van der Waals surface area contributed by atoms with Crippen molar-refractivity contribution in [1.29, 1.82) is 0 Å². The van der Waals surface area contributed by atoms with E-state index in [9.17, 15) is 0 Å². The van der Waals surface area contributed by atoms with E-state index in [0.29, 0.717) is 0 Å². The predicted octanol–water partition coefficient (Wildman–Crippen LogP) is 13.8. The zero-order valence-corrected chi connectivity index (χ0v) is 40.3. The second kappa shape index (κ2) is 13.5. The highest BCUT2D eigenvalue weighted by atomic mass is 28.3. The van der Waals surface area contributed by atoms with Gasteiger partial charge in [0.15, 0.2) is 8.07 Å². The van der Waals surface area contributed by atoms with Crippen LogP contribution in [0.15, 0.2) is 224 Å². The Morgan fingerprint density at radius 3 is 1.38 bits per heavy atom. The first kappa shape index (κ1) is 39.2. The van der Waals surface area contributed by atoms with Crippen molar-refractivity contribution >= 4 is 45.9 Å². The molecule has 0 saturated carbocycles. The maximum Gasteiger partial charge on any atom is 0.182 e. The quantitative estimate of drug-likeness (QED) is 0.156. The summed E-state index contributed by atoms with van der Waals surface area (Å²) in [5.74, 6) is 0. The van der Waals surface area contributed by atoms with Crippen molar-refractivity contribution in [2.24, 2.45) is 0 Å². The first-order valence-corrected chi connectivity index (χ1v) is 26.7. The molecule has 2 heteroatoms. The molecule has 10 aromatic rings. The van der Waals surface area contributed by atoms with Crippen LogP contribution in [0.3, 0.4) is 0 Å². The average molecular weight is 896 g/mol. The second-order valence-corrected chi connectivity index (χ2v) is 24.8. The number of nitrogens with zero attached hydrogens (tertiary/aromatic N) is 1. The highest BCUT2D eigenvalue weighted by Gasteiger charge is 2.57. The summed E-state index contributed by atoms with van der Waals surface area (Å²) >= 11 is 0. The molecule has 0 atom stereocenters. The van der Waals surface area contributed by atoms with Crippen molar-refractivity contribution in [2.75, 3.05) is 4.90 Å². The van der Waals surface area contributed by atoms with E-state index >= 15 is 0 Å². The number of hydrogen-bond acceptors (Lipinski definition) is 1. The third-order valence-electron chi connectivity index (χ3n) is 17.3. The normalized spacial score (nSPS) is 16.6. The maximum atomic E-state index is 2.67. The minimum atomic E-state index is -2.74. The van der Waals surface area contributed by atoms with Crippen molar-refractivity contribution in [3.8, 4) is 44.5 Å². The number of rotatable bonds is 2. The minimum absolute atomic E-state index is 0.199. The van der Waals surface area contributed by atoms with Gasteiger partial charge in [-0.3, -0.25) is 0 Å². The monoisotopic (exact) mass is 895 g/mol. The Kier molecular flexibility index (Phi) is 7.66. The lowest BCUT2D eigenvalue weighted by Crippen LogP contribution is -2.70. The predicted molar refractivity (Wildman–Crippen MR) is 290 cm³/mol. The fourth-order valence-electron chi connectivity index (χ4n) is 14.4. The van der Waals surface area contributed by atoms with Crippen LogP contribution in [-0.4, -0.2) is 8.07 Å². The van der Waals surface area contributed by atoms with Gasteiger partial charge in [-0.25, -0.2) is 0 Å². The number of benzene rings is 10. The molecule has 3 aliphatic heterocycles. The first-order valence-electron chi connectivity index (χ1n) is 24.7. The van der Waals surface area contributed by atoms with Crippen molar-refractivity contribution < 1.29 is 0 Å². The Labute approximate surface area is 406 Å². The van der Waals surface area contributed by atoms with E-state index in [4.69, 9.17) is 0 Å². The Bertz CT molecular complexity index is 3760. The molecule has 2 aliphatic carbocycles. The molecule has 2 spiro atoms. The fourth-order valence-corrected chi connectivity index (χ4v) is 20.1. The largest absolute Gasteiger partial charge is 0.310 e. The van der Waals surface area contributed by atoms with Gasteiger partial charge >= 0.3 is 0 Å². The number of hydrogen-bond donors (Lipinski definition) is 0. The van der Waals surface area contributed by atoms with Gasteiger partial charge in [0.25, 0.3) is 0 Å². The van der Waals surface area contributed by atoms with E-state index in [1.54, 1.807) is 0 Å². The summed E-state index contributed by atoms with van der Waals surface area (Å²) in [7, 11) is -2.74. The molecule has 5 aliphatic rings. The van der Waals surface area contributed by atoms with E-state index < -0.39 is 13.5 Å². The highest BCUT2D eigenvalue weighted by molar-refractivity contribution is 7.24. The van der Waals surface area contributed by atoms with Crippen LogP contribution in [0.4, 0.5) is 17.1 Å². The van der Waals surface area contributed by atoms with Gasteiger partial charge in [0.1, 0.15) is 0 Å². The van der Waals surface area contributed by atoms with Gasteiger partial charge in [-0.2, -0.15) is 0 Å². The molecule has 0 N–H and O–H groups in total. The fraction of sp³-hybridized carbons (Fsp3) is 0.104. The van der Waals surface area contributed by atoms with Gasteiger partial charge < -0.3 is 4.90 Å². The van der Waals surface area contributed by atoms with Crippen molar-refractivity contribution in [3.63, 3.8) is 0 Å². The Morgan fingerprint density at radius 1 is 0.290 bits per heavy atom. The summed E-state index contributed by atoms with van der Waals surface area (Å²) in [5, 5.41) is 5.97. The molecular formula is C67H49NSi. The molecule has 0 unspecified atom stereocenters. The lowest BCUT2D eigenvalue weighted by molar-refractivity contribution is 0.556. The Morgan fingerprint density at radius 2 is 0.768 bits per heavy atom. The average Bonchev–Trinajstić information content (AvgIpc) is 3.95. The van der Waals surface area contributed by atoms with E-state index in [1.165, 1.54) is 127 Å². The van der Waals surface area contributed by atoms with Crippen molar-refractivity contribution in [2.45, 2.75) is 43.9 Å². The topological polar surface area (TPSA) is 3.24 Å². The summed E-state index contributed by atoms with van der Waals surface area (Å²) in [5.41, 5.74) is 24.1. The van der Waals surface area contributed by atoms with Gasteiger partial charge in [0.05, 0.1) is 16.8 Å². The first-order chi connectivity index (χ1) is 33.7. The molecular weight excluding hydrogens is 847 g/mol. The third-order valence-corrected chi connectivity index (χ3v) is 22.3. The summed E-state index contributed by atoms with van der Waals surface area (Å²) in [4.78, 5) is 2.67. The lowest BCUT2D eigenvalue weighted by atomic mass is 9.52. The van der Waals surface area contributed by atoms with Crippen LogP contribution in [0, 0.1) is 0 Å². The Hall–Kier alpha value is -7.78. The number of anilines is 3. The van der Waals surface area contributed by atoms with Crippen molar-refractivity contribution in [3.05, 3.63) is 269 Å². The van der Waals surface area contributed by atoms with E-state index in [0.717, 1.165) is 0 Å². The molecule has 1 nitrogen and oxygen atoms in total. The highest BCUT2D eigenvalue weighted by Crippen LogP contribution is 2.65. The summed E-state index contributed by atoms with van der Waals surface area (Å²) in [6.45, 7) is 9.71. The SMILES string of the molecule is CC1(C)c2ccccc2-c2cc3c(cc21)N(c1ccc2c(c1)[Si]1(c4ccccc4-c4ccccc41)c1ccccc1-2)c1ccc(-c2ccccc2)cc1C31c2ccccc2C(C)(C)c2ccccc21. The maximum absolute atomic E-state index is 2.74. The van der Waals surface area contributed by atoms with Crippen LogP contribution in [-0.2, 0) is 16.2 Å². The molecule has 15 rings (SSSR count). The molecule has 69 heavy (non-hydrogen) atoms. The number of fused-ring (bicyclic) bond motifs is 21. The molecule has 0 bridgehead atoms. The van der Waals surface area contributed by atoms with Gasteiger partial charge in [0, 0.05) is 16.5 Å². The van der Waals surface area contributed by atoms with Gasteiger partial charge in [-0.15, -0.1) is 0 Å². The third kappa shape index (κ3) is 4.71. The molecule has 0 aromatic heterocycles. The molecule has 0 radical (unpaired) electrons.